The lowest BCUT2D eigenvalue weighted by Crippen LogP contribution is -1.76. The summed E-state index contributed by atoms with van der Waals surface area (Å²) in [6, 6.07) is 13.1. The summed E-state index contributed by atoms with van der Waals surface area (Å²) in [6.45, 7) is 12.3. The molecule has 0 nitrogen and oxygen atoms in total. The molecular weight excluding hydrogens is 204 g/mol. The van der Waals surface area contributed by atoms with Gasteiger partial charge < -0.3 is 0 Å². The van der Waals surface area contributed by atoms with E-state index in [0.29, 0.717) is 0 Å². The van der Waals surface area contributed by atoms with Crippen LogP contribution in [0, 0.1) is 13.8 Å². The summed E-state index contributed by atoms with van der Waals surface area (Å²) in [6.07, 6.45) is 0. The third kappa shape index (κ3) is 5.53. The van der Waals surface area contributed by atoms with E-state index >= 15 is 0 Å². The maximum atomic E-state index is 2.22. The van der Waals surface area contributed by atoms with Gasteiger partial charge in [0.05, 0.1) is 0 Å². The van der Waals surface area contributed by atoms with Gasteiger partial charge >= 0.3 is 0 Å². The van der Waals surface area contributed by atoms with E-state index in [1.165, 1.54) is 21.9 Å². The molecule has 0 radical (unpaired) electrons. The minimum absolute atomic E-state index is 0. The van der Waals surface area contributed by atoms with Gasteiger partial charge in [-0.25, -0.2) is 0 Å². The van der Waals surface area contributed by atoms with E-state index in [9.17, 15) is 0 Å². The van der Waals surface area contributed by atoms with Gasteiger partial charge in [0, 0.05) is 0 Å². The first kappa shape index (κ1) is 18.1. The van der Waals surface area contributed by atoms with Gasteiger partial charge in [-0.3, -0.25) is 0 Å². The SMILES string of the molecule is C.CC.CC.Cc1ccc2ccc(C)cc2c1. The highest BCUT2D eigenvalue weighted by atomic mass is 14.0. The van der Waals surface area contributed by atoms with E-state index in [1.54, 1.807) is 0 Å². The predicted molar refractivity (Wildman–Crippen MR) is 82.8 cm³/mol. The number of hydrogen-bond donors (Lipinski definition) is 0. The summed E-state index contributed by atoms with van der Waals surface area (Å²) in [7, 11) is 0. The molecule has 0 saturated heterocycles. The largest absolute Gasteiger partial charge is 0.0776 e. The van der Waals surface area contributed by atoms with Crippen molar-refractivity contribution < 1.29 is 0 Å². The van der Waals surface area contributed by atoms with Crippen molar-refractivity contribution in [2.75, 3.05) is 0 Å². The highest BCUT2D eigenvalue weighted by Gasteiger charge is 1.92. The molecule has 0 bridgehead atoms. The lowest BCUT2D eigenvalue weighted by molar-refractivity contribution is 1.47. The Labute approximate surface area is 108 Å². The van der Waals surface area contributed by atoms with Crippen molar-refractivity contribution in [2.24, 2.45) is 0 Å². The van der Waals surface area contributed by atoms with Crippen LogP contribution in [-0.4, -0.2) is 0 Å². The Morgan fingerprint density at radius 1 is 0.588 bits per heavy atom. The number of benzene rings is 2. The van der Waals surface area contributed by atoms with Crippen LogP contribution in [0.3, 0.4) is 0 Å². The Morgan fingerprint density at radius 3 is 1.29 bits per heavy atom. The Hall–Kier alpha value is -1.30. The molecule has 0 spiro atoms. The normalized spacial score (nSPS) is 8.12. The van der Waals surface area contributed by atoms with Crippen molar-refractivity contribution >= 4 is 10.8 Å². The van der Waals surface area contributed by atoms with Crippen LogP contribution in [-0.2, 0) is 0 Å². The standard InChI is InChI=1S/C12H12.2C2H6.CH4/c1-9-3-5-11-6-4-10(2)8-12(11)7-9;2*1-2;/h3-8H,1-2H3;2*1-2H3;1H4. The number of aryl methyl sites for hydroxylation is 2. The van der Waals surface area contributed by atoms with Crippen LogP contribution in [0.25, 0.3) is 10.8 Å². The predicted octanol–water partition coefficient (Wildman–Crippen LogP) is 6.15. The summed E-state index contributed by atoms with van der Waals surface area (Å²) in [5, 5.41) is 2.67. The third-order valence-corrected chi connectivity index (χ3v) is 2.15. The molecule has 0 aliphatic carbocycles. The van der Waals surface area contributed by atoms with Crippen molar-refractivity contribution in [3.63, 3.8) is 0 Å². The summed E-state index contributed by atoms with van der Waals surface area (Å²) < 4.78 is 0. The van der Waals surface area contributed by atoms with Crippen LogP contribution < -0.4 is 0 Å². The van der Waals surface area contributed by atoms with Crippen molar-refractivity contribution in [1.82, 2.24) is 0 Å². The highest BCUT2D eigenvalue weighted by molar-refractivity contribution is 5.83. The minimum atomic E-state index is 0. The molecule has 0 heterocycles. The van der Waals surface area contributed by atoms with E-state index in [1.807, 2.05) is 27.7 Å². The average molecular weight is 232 g/mol. The van der Waals surface area contributed by atoms with Gasteiger partial charge in [-0.2, -0.15) is 0 Å². The van der Waals surface area contributed by atoms with E-state index in [4.69, 9.17) is 0 Å². The summed E-state index contributed by atoms with van der Waals surface area (Å²) in [5.41, 5.74) is 2.65. The molecule has 2 aromatic rings. The Morgan fingerprint density at radius 2 is 0.941 bits per heavy atom. The van der Waals surface area contributed by atoms with Gasteiger partial charge in [0.1, 0.15) is 0 Å². The first-order valence-corrected chi connectivity index (χ1v) is 6.23. The molecule has 0 aliphatic heterocycles. The summed E-state index contributed by atoms with van der Waals surface area (Å²) in [4.78, 5) is 0. The summed E-state index contributed by atoms with van der Waals surface area (Å²) >= 11 is 0. The molecule has 0 aromatic heterocycles. The quantitative estimate of drug-likeness (QED) is 0.511. The molecule has 96 valence electrons. The van der Waals surface area contributed by atoms with Gasteiger partial charge in [-0.05, 0) is 24.6 Å². The van der Waals surface area contributed by atoms with Crippen LogP contribution >= 0.6 is 0 Å². The molecule has 0 saturated carbocycles. The van der Waals surface area contributed by atoms with Crippen LogP contribution in [0.4, 0.5) is 0 Å². The molecule has 0 aliphatic rings. The second-order valence-electron chi connectivity index (χ2n) is 3.35. The molecule has 0 amide bonds. The van der Waals surface area contributed by atoms with Gasteiger partial charge in [0.25, 0.3) is 0 Å². The average Bonchev–Trinajstić information content (AvgIpc) is 2.33. The van der Waals surface area contributed by atoms with E-state index < -0.39 is 0 Å². The maximum Gasteiger partial charge on any atom is -0.0179 e. The molecule has 2 aromatic carbocycles. The van der Waals surface area contributed by atoms with Crippen molar-refractivity contribution in [2.45, 2.75) is 49.0 Å². The van der Waals surface area contributed by atoms with Crippen LogP contribution in [0.15, 0.2) is 36.4 Å². The highest BCUT2D eigenvalue weighted by Crippen LogP contribution is 2.16. The van der Waals surface area contributed by atoms with E-state index in [0.717, 1.165) is 0 Å². The van der Waals surface area contributed by atoms with Gasteiger partial charge in [-0.15, -0.1) is 0 Å². The van der Waals surface area contributed by atoms with Crippen LogP contribution in [0.2, 0.25) is 0 Å². The topological polar surface area (TPSA) is 0 Å². The molecule has 0 fully saturated rings. The van der Waals surface area contributed by atoms with Crippen molar-refractivity contribution in [3.8, 4) is 0 Å². The number of hydrogen-bond acceptors (Lipinski definition) is 0. The zero-order valence-corrected chi connectivity index (χ0v) is 11.5. The smallest absolute Gasteiger partial charge is 0.0179 e. The van der Waals surface area contributed by atoms with E-state index in [2.05, 4.69) is 50.2 Å². The number of rotatable bonds is 0. The molecule has 0 N–H and O–H groups in total. The lowest BCUT2D eigenvalue weighted by atomic mass is 10.1. The van der Waals surface area contributed by atoms with Gasteiger partial charge in [-0.1, -0.05) is 82.6 Å². The first-order chi connectivity index (χ1) is 7.75. The fraction of sp³-hybridized carbons (Fsp3) is 0.412. The van der Waals surface area contributed by atoms with Gasteiger partial charge in [0.15, 0.2) is 0 Å². The second-order valence-corrected chi connectivity index (χ2v) is 3.35. The second kappa shape index (κ2) is 9.89. The number of fused-ring (bicyclic) bond motifs is 1. The Kier molecular flexibility index (Phi) is 10.5. The Bertz CT molecular complexity index is 377. The lowest BCUT2D eigenvalue weighted by Gasteiger charge is -1.99. The van der Waals surface area contributed by atoms with E-state index in [-0.39, 0.29) is 7.43 Å². The Balaban J connectivity index is 0. The minimum Gasteiger partial charge on any atom is -0.0776 e. The fourth-order valence-electron chi connectivity index (χ4n) is 1.49. The monoisotopic (exact) mass is 232 g/mol. The maximum absolute atomic E-state index is 2.22. The zero-order valence-electron chi connectivity index (χ0n) is 11.5. The third-order valence-electron chi connectivity index (χ3n) is 2.15. The molecule has 17 heavy (non-hydrogen) atoms. The van der Waals surface area contributed by atoms with Crippen molar-refractivity contribution in [1.29, 1.82) is 0 Å². The molecule has 2 rings (SSSR count). The van der Waals surface area contributed by atoms with Crippen molar-refractivity contribution in [3.05, 3.63) is 47.5 Å². The van der Waals surface area contributed by atoms with Crippen LogP contribution in [0.5, 0.6) is 0 Å². The summed E-state index contributed by atoms with van der Waals surface area (Å²) in [5.74, 6) is 0. The van der Waals surface area contributed by atoms with Crippen LogP contribution in [0.1, 0.15) is 46.2 Å². The fourth-order valence-corrected chi connectivity index (χ4v) is 1.49. The molecule has 0 atom stereocenters. The zero-order chi connectivity index (χ0) is 12.6. The molecule has 0 unspecified atom stereocenters. The molecular formula is C17H28. The first-order valence-electron chi connectivity index (χ1n) is 6.23. The molecule has 0 heteroatoms. The van der Waals surface area contributed by atoms with Gasteiger partial charge in [0.2, 0.25) is 0 Å².